The molecule has 2 aromatic heterocycles. The van der Waals surface area contributed by atoms with Crippen LogP contribution in [0.25, 0.3) is 33.4 Å². The van der Waals surface area contributed by atoms with Gasteiger partial charge in [0.1, 0.15) is 23.6 Å². The van der Waals surface area contributed by atoms with Gasteiger partial charge in [-0.2, -0.15) is 0 Å². The summed E-state index contributed by atoms with van der Waals surface area (Å²) in [5.74, 6) is 2.06. The van der Waals surface area contributed by atoms with Gasteiger partial charge in [-0.3, -0.25) is 0 Å². The summed E-state index contributed by atoms with van der Waals surface area (Å²) in [6.07, 6.45) is 3.58. The summed E-state index contributed by atoms with van der Waals surface area (Å²) in [6.45, 7) is 2.87. The molecule has 0 fully saturated rings. The van der Waals surface area contributed by atoms with E-state index in [1.807, 2.05) is 54.6 Å². The molecular formula is C24H24N4O2. The Kier molecular flexibility index (Phi) is 5.75. The van der Waals surface area contributed by atoms with Crippen LogP contribution in [0.15, 0.2) is 60.9 Å². The van der Waals surface area contributed by atoms with Gasteiger partial charge in [-0.05, 0) is 60.0 Å². The smallest absolute Gasteiger partial charge is 0.165 e. The molecule has 6 heteroatoms. The molecule has 0 aliphatic heterocycles. The molecule has 2 N–H and O–H groups in total. The molecule has 4 aromatic rings. The van der Waals surface area contributed by atoms with Crippen molar-refractivity contribution in [1.82, 2.24) is 15.0 Å². The summed E-state index contributed by atoms with van der Waals surface area (Å²) < 4.78 is 11.1. The van der Waals surface area contributed by atoms with Crippen LogP contribution in [-0.2, 0) is 0 Å². The number of anilines is 1. The van der Waals surface area contributed by atoms with E-state index in [0.717, 1.165) is 58.7 Å². The molecule has 30 heavy (non-hydrogen) atoms. The third-order valence-electron chi connectivity index (χ3n) is 4.95. The highest BCUT2D eigenvalue weighted by atomic mass is 16.5. The van der Waals surface area contributed by atoms with Gasteiger partial charge in [0.2, 0.25) is 0 Å². The molecule has 6 nitrogen and oxygen atoms in total. The third kappa shape index (κ3) is 4.03. The number of benzene rings is 2. The van der Waals surface area contributed by atoms with Gasteiger partial charge >= 0.3 is 0 Å². The normalized spacial score (nSPS) is 10.9. The predicted molar refractivity (Wildman–Crippen MR) is 120 cm³/mol. The minimum Gasteiger partial charge on any atom is -0.497 e. The second kappa shape index (κ2) is 8.78. The number of hydrogen-bond acceptors (Lipinski definition) is 6. The number of aromatic nitrogens is 3. The van der Waals surface area contributed by atoms with E-state index in [2.05, 4.69) is 16.9 Å². The molecule has 0 aliphatic carbocycles. The molecule has 0 saturated heterocycles. The fourth-order valence-electron chi connectivity index (χ4n) is 3.29. The Morgan fingerprint density at radius 2 is 1.60 bits per heavy atom. The molecule has 2 heterocycles. The highest BCUT2D eigenvalue weighted by Crippen LogP contribution is 2.34. The number of pyridine rings is 1. The highest BCUT2D eigenvalue weighted by molar-refractivity contribution is 6.00. The Morgan fingerprint density at radius 3 is 2.30 bits per heavy atom. The van der Waals surface area contributed by atoms with Gasteiger partial charge < -0.3 is 15.2 Å². The van der Waals surface area contributed by atoms with Crippen molar-refractivity contribution in [3.63, 3.8) is 0 Å². The van der Waals surface area contributed by atoms with E-state index in [4.69, 9.17) is 20.2 Å². The van der Waals surface area contributed by atoms with Crippen molar-refractivity contribution < 1.29 is 9.47 Å². The Labute approximate surface area is 175 Å². The number of nitrogen functional groups attached to an aromatic ring is 1. The molecule has 0 spiro atoms. The molecule has 0 atom stereocenters. The van der Waals surface area contributed by atoms with Crippen LogP contribution in [0.4, 0.5) is 5.82 Å². The van der Waals surface area contributed by atoms with E-state index in [9.17, 15) is 0 Å². The predicted octanol–water partition coefficient (Wildman–Crippen LogP) is 5.13. The van der Waals surface area contributed by atoms with E-state index in [-0.39, 0.29) is 0 Å². The Bertz CT molecular complexity index is 1140. The second-order valence-electron chi connectivity index (χ2n) is 6.97. The minimum absolute atomic E-state index is 0.409. The average molecular weight is 400 g/mol. The van der Waals surface area contributed by atoms with Gasteiger partial charge in [-0.25, -0.2) is 15.0 Å². The van der Waals surface area contributed by atoms with Crippen molar-refractivity contribution in [1.29, 1.82) is 0 Å². The Hall–Kier alpha value is -3.67. The van der Waals surface area contributed by atoms with E-state index in [1.165, 1.54) is 6.33 Å². The lowest BCUT2D eigenvalue weighted by Gasteiger charge is -2.12. The van der Waals surface area contributed by atoms with Crippen LogP contribution >= 0.6 is 0 Å². The number of nitrogens with zero attached hydrogens (tertiary/aromatic N) is 3. The summed E-state index contributed by atoms with van der Waals surface area (Å²) in [4.78, 5) is 13.3. The lowest BCUT2D eigenvalue weighted by molar-refractivity contribution is 0.309. The molecule has 0 amide bonds. The van der Waals surface area contributed by atoms with Gasteiger partial charge in [0, 0.05) is 5.56 Å². The van der Waals surface area contributed by atoms with E-state index in [0.29, 0.717) is 11.5 Å². The second-order valence-corrected chi connectivity index (χ2v) is 6.97. The lowest BCUT2D eigenvalue weighted by atomic mass is 9.99. The number of unbranched alkanes of at least 4 members (excludes halogenated alkanes) is 1. The number of ether oxygens (including phenoxy) is 2. The molecule has 0 unspecified atom stereocenters. The topological polar surface area (TPSA) is 83.2 Å². The first-order chi connectivity index (χ1) is 14.7. The van der Waals surface area contributed by atoms with E-state index < -0.39 is 0 Å². The first kappa shape index (κ1) is 19.6. The summed E-state index contributed by atoms with van der Waals surface area (Å²) in [6, 6.07) is 17.8. The molecule has 0 radical (unpaired) electrons. The maximum absolute atomic E-state index is 6.20. The van der Waals surface area contributed by atoms with Gasteiger partial charge in [0.15, 0.2) is 5.65 Å². The monoisotopic (exact) mass is 400 g/mol. The molecule has 0 aliphatic rings. The van der Waals surface area contributed by atoms with Crippen molar-refractivity contribution >= 4 is 16.9 Å². The minimum atomic E-state index is 0.409. The van der Waals surface area contributed by atoms with Crippen LogP contribution in [-0.4, -0.2) is 28.7 Å². The number of nitrogens with two attached hydrogens (primary N) is 1. The number of rotatable bonds is 7. The molecule has 2 aromatic carbocycles. The molecule has 0 saturated carbocycles. The van der Waals surface area contributed by atoms with Crippen LogP contribution in [0, 0.1) is 0 Å². The fourth-order valence-corrected chi connectivity index (χ4v) is 3.29. The van der Waals surface area contributed by atoms with Gasteiger partial charge in [-0.15, -0.1) is 0 Å². The third-order valence-corrected chi connectivity index (χ3v) is 4.95. The standard InChI is InChI=1S/C24H24N4O2/c1-3-4-13-30-19-11-5-16(6-12-19)20-14-21(17-7-9-18(29-2)10-8-17)28-24-22(20)23(25)26-15-27-24/h5-12,14-15H,3-4,13H2,1-2H3,(H2,25,26,27,28). The molecular weight excluding hydrogens is 376 g/mol. The van der Waals surface area contributed by atoms with Crippen molar-refractivity contribution in [3.05, 3.63) is 60.9 Å². The van der Waals surface area contributed by atoms with Gasteiger partial charge in [0.05, 0.1) is 24.8 Å². The summed E-state index contributed by atoms with van der Waals surface area (Å²) in [7, 11) is 1.65. The SMILES string of the molecule is CCCCOc1ccc(-c2cc(-c3ccc(OC)cc3)nc3ncnc(N)c23)cc1. The maximum atomic E-state index is 6.20. The molecule has 152 valence electrons. The highest BCUT2D eigenvalue weighted by Gasteiger charge is 2.14. The first-order valence-corrected chi connectivity index (χ1v) is 9.98. The van der Waals surface area contributed by atoms with Crippen molar-refractivity contribution in [2.45, 2.75) is 19.8 Å². The van der Waals surface area contributed by atoms with Crippen LogP contribution in [0.3, 0.4) is 0 Å². The van der Waals surface area contributed by atoms with Crippen molar-refractivity contribution in [2.75, 3.05) is 19.5 Å². The largest absolute Gasteiger partial charge is 0.497 e. The lowest BCUT2D eigenvalue weighted by Crippen LogP contribution is -1.99. The van der Waals surface area contributed by atoms with Crippen LogP contribution in [0.5, 0.6) is 11.5 Å². The van der Waals surface area contributed by atoms with Crippen molar-refractivity contribution in [2.24, 2.45) is 0 Å². The van der Waals surface area contributed by atoms with E-state index >= 15 is 0 Å². The first-order valence-electron chi connectivity index (χ1n) is 9.98. The zero-order chi connectivity index (χ0) is 20.9. The van der Waals surface area contributed by atoms with Gasteiger partial charge in [0.25, 0.3) is 0 Å². The summed E-state index contributed by atoms with van der Waals surface area (Å²) in [5.41, 5.74) is 10.5. The molecule has 4 rings (SSSR count). The number of methoxy groups -OCH3 is 1. The quantitative estimate of drug-likeness (QED) is 0.433. The molecule has 0 bridgehead atoms. The van der Waals surface area contributed by atoms with Crippen molar-refractivity contribution in [3.8, 4) is 33.9 Å². The Morgan fingerprint density at radius 1 is 0.900 bits per heavy atom. The Balaban J connectivity index is 1.79. The van der Waals surface area contributed by atoms with Crippen LogP contribution in [0.2, 0.25) is 0 Å². The van der Waals surface area contributed by atoms with Crippen LogP contribution < -0.4 is 15.2 Å². The maximum Gasteiger partial charge on any atom is 0.165 e. The van der Waals surface area contributed by atoms with E-state index in [1.54, 1.807) is 7.11 Å². The number of hydrogen-bond donors (Lipinski definition) is 1. The average Bonchev–Trinajstić information content (AvgIpc) is 2.79. The fraction of sp³-hybridized carbons (Fsp3) is 0.208. The summed E-state index contributed by atoms with van der Waals surface area (Å²) in [5, 5.41) is 0.745. The summed E-state index contributed by atoms with van der Waals surface area (Å²) >= 11 is 0. The number of fused-ring (bicyclic) bond motifs is 1. The van der Waals surface area contributed by atoms with Crippen LogP contribution in [0.1, 0.15) is 19.8 Å². The zero-order valence-corrected chi connectivity index (χ0v) is 17.1. The zero-order valence-electron chi connectivity index (χ0n) is 17.1. The van der Waals surface area contributed by atoms with Gasteiger partial charge in [-0.1, -0.05) is 25.5 Å².